The maximum atomic E-state index is 13.7. The molecule has 0 radical (unpaired) electrons. The van der Waals surface area contributed by atoms with Gasteiger partial charge in [-0.05, 0) is 30.5 Å². The summed E-state index contributed by atoms with van der Waals surface area (Å²) in [7, 11) is 1.68. The number of amides is 4. The molecule has 1 aromatic heterocycles. The van der Waals surface area contributed by atoms with Gasteiger partial charge in [0.2, 0.25) is 0 Å². The van der Waals surface area contributed by atoms with E-state index in [0.29, 0.717) is 12.2 Å². The quantitative estimate of drug-likeness (QED) is 0.296. The number of hydrogen-bond donors (Lipinski definition) is 3. The molecular weight excluding hydrogens is 548 g/mol. The van der Waals surface area contributed by atoms with Gasteiger partial charge in [-0.1, -0.05) is 49.4 Å². The number of fused-ring (bicyclic) bond motifs is 2. The number of likely N-dealkylation sites (N-methyl/N-ethyl adjacent to an activating group) is 1. The number of carbonyl (C=O) groups excluding carboxylic acids is 3. The molecule has 1 aliphatic rings. The van der Waals surface area contributed by atoms with Gasteiger partial charge in [-0.25, -0.2) is 9.78 Å². The predicted molar refractivity (Wildman–Crippen MR) is 163 cm³/mol. The smallest absolute Gasteiger partial charge is 0.321 e. The molecule has 11 nitrogen and oxygen atoms in total. The second-order valence-electron chi connectivity index (χ2n) is 10.7. The first kappa shape index (κ1) is 29.5. The highest BCUT2D eigenvalue weighted by Gasteiger charge is 2.35. The number of benzene rings is 3. The van der Waals surface area contributed by atoms with E-state index in [4.69, 9.17) is 4.74 Å². The van der Waals surface area contributed by atoms with Crippen LogP contribution in [0.3, 0.4) is 0 Å². The summed E-state index contributed by atoms with van der Waals surface area (Å²) in [6.45, 7) is 3.94. The summed E-state index contributed by atoms with van der Waals surface area (Å²) < 4.78 is 6.51. The van der Waals surface area contributed by atoms with Crippen LogP contribution in [0.5, 0.6) is 5.75 Å². The van der Waals surface area contributed by atoms with E-state index >= 15 is 0 Å². The monoisotopic (exact) mass is 582 g/mol. The van der Waals surface area contributed by atoms with Gasteiger partial charge < -0.3 is 30.3 Å². The molecule has 0 aliphatic carbocycles. The number of ether oxygens (including phenoxy) is 1. The highest BCUT2D eigenvalue weighted by atomic mass is 16.5. The number of aromatic nitrogens is 2. The van der Waals surface area contributed by atoms with Crippen molar-refractivity contribution in [3.05, 3.63) is 90.5 Å². The average molecular weight is 583 g/mol. The highest BCUT2D eigenvalue weighted by Crippen LogP contribution is 2.35. The lowest BCUT2D eigenvalue weighted by Crippen LogP contribution is -2.50. The summed E-state index contributed by atoms with van der Waals surface area (Å²) in [5.41, 5.74) is 1.30. The summed E-state index contributed by atoms with van der Waals surface area (Å²) in [4.78, 5) is 51.2. The van der Waals surface area contributed by atoms with Crippen molar-refractivity contribution in [1.82, 2.24) is 19.8 Å². The number of anilines is 2. The van der Waals surface area contributed by atoms with Gasteiger partial charge in [-0.3, -0.25) is 14.6 Å². The molecule has 4 aromatic rings. The van der Waals surface area contributed by atoms with Crippen molar-refractivity contribution < 1.29 is 24.2 Å². The Kier molecular flexibility index (Phi) is 8.82. The second-order valence-corrected chi connectivity index (χ2v) is 10.7. The third-order valence-corrected chi connectivity index (χ3v) is 7.57. The van der Waals surface area contributed by atoms with E-state index in [2.05, 4.69) is 20.6 Å². The summed E-state index contributed by atoms with van der Waals surface area (Å²) in [5.74, 6) is -0.919. The van der Waals surface area contributed by atoms with E-state index in [-0.39, 0.29) is 53.7 Å². The zero-order valence-corrected chi connectivity index (χ0v) is 24.2. The van der Waals surface area contributed by atoms with Crippen LogP contribution in [-0.2, 0) is 0 Å². The maximum Gasteiger partial charge on any atom is 0.321 e. The van der Waals surface area contributed by atoms with Crippen LogP contribution in [0.15, 0.2) is 79.3 Å². The Morgan fingerprint density at radius 2 is 1.81 bits per heavy atom. The molecule has 3 atom stereocenters. The van der Waals surface area contributed by atoms with Crippen LogP contribution in [0.25, 0.3) is 10.8 Å². The molecule has 1 aliphatic heterocycles. The Morgan fingerprint density at radius 3 is 2.58 bits per heavy atom. The van der Waals surface area contributed by atoms with Gasteiger partial charge in [0.05, 0.1) is 42.3 Å². The third-order valence-electron chi connectivity index (χ3n) is 7.57. The minimum Gasteiger partial charge on any atom is -0.485 e. The first-order chi connectivity index (χ1) is 20.8. The van der Waals surface area contributed by atoms with Crippen molar-refractivity contribution in [2.45, 2.75) is 26.0 Å². The lowest BCUT2D eigenvalue weighted by atomic mass is 9.99. The Hall–Kier alpha value is -5.03. The highest BCUT2D eigenvalue weighted by molar-refractivity contribution is 6.06. The lowest BCUT2D eigenvalue weighted by Gasteiger charge is -2.38. The number of aliphatic hydroxyl groups is 1. The molecule has 222 valence electrons. The van der Waals surface area contributed by atoms with Crippen molar-refractivity contribution in [3.8, 4) is 5.75 Å². The summed E-state index contributed by atoms with van der Waals surface area (Å²) in [6, 6.07) is 17.6. The van der Waals surface area contributed by atoms with Crippen LogP contribution in [0.4, 0.5) is 16.2 Å². The molecule has 0 unspecified atom stereocenters. The fourth-order valence-corrected chi connectivity index (χ4v) is 5.06. The van der Waals surface area contributed by atoms with Gasteiger partial charge in [0.15, 0.2) is 5.75 Å². The number of para-hydroxylation sites is 1. The van der Waals surface area contributed by atoms with E-state index in [1.807, 2.05) is 49.4 Å². The summed E-state index contributed by atoms with van der Waals surface area (Å²) in [5, 5.41) is 17.7. The normalized spacial score (nSPS) is 17.2. The largest absolute Gasteiger partial charge is 0.485 e. The molecule has 43 heavy (non-hydrogen) atoms. The molecule has 3 aromatic carbocycles. The van der Waals surface area contributed by atoms with Crippen molar-refractivity contribution in [3.63, 3.8) is 0 Å². The van der Waals surface area contributed by atoms with Gasteiger partial charge in [-0.2, -0.15) is 0 Å². The molecule has 0 bridgehead atoms. The van der Waals surface area contributed by atoms with Gasteiger partial charge in [0.1, 0.15) is 11.8 Å². The first-order valence-electron chi connectivity index (χ1n) is 14.1. The van der Waals surface area contributed by atoms with E-state index in [1.165, 1.54) is 23.5 Å². The standard InChI is InChI=1S/C32H34N6O5/c1-20-17-38(21(2)19-39)31(41)24-11-7-13-26(35-30(40)27-16-33-14-15-34-27)29(24)43-28(20)18-37(3)32(42)36-25-12-6-9-22-8-4-5-10-23(22)25/h4-16,20-21,28,39H,17-19H2,1-3H3,(H,35,40)(H,36,42)/t20-,21-,28+/m1/s1. The van der Waals surface area contributed by atoms with Crippen LogP contribution in [0, 0.1) is 5.92 Å². The van der Waals surface area contributed by atoms with Gasteiger partial charge in [0, 0.05) is 37.3 Å². The van der Waals surface area contributed by atoms with Crippen molar-refractivity contribution >= 4 is 40.0 Å². The molecule has 5 rings (SSSR count). The van der Waals surface area contributed by atoms with Crippen LogP contribution in [0.2, 0.25) is 0 Å². The molecule has 4 amide bonds. The second kappa shape index (κ2) is 12.9. The molecule has 0 saturated carbocycles. The topological polar surface area (TPSA) is 137 Å². The first-order valence-corrected chi connectivity index (χ1v) is 14.1. The van der Waals surface area contributed by atoms with Crippen LogP contribution in [-0.4, -0.2) is 81.6 Å². The van der Waals surface area contributed by atoms with Gasteiger partial charge in [0.25, 0.3) is 11.8 Å². The van der Waals surface area contributed by atoms with Gasteiger partial charge in [-0.15, -0.1) is 0 Å². The van der Waals surface area contributed by atoms with Crippen molar-refractivity contribution in [1.29, 1.82) is 0 Å². The lowest BCUT2D eigenvalue weighted by molar-refractivity contribution is 0.0372. The molecule has 11 heteroatoms. The maximum absolute atomic E-state index is 13.7. The minimum absolute atomic E-state index is 0.0996. The van der Waals surface area contributed by atoms with E-state index in [1.54, 1.807) is 37.1 Å². The molecule has 0 fully saturated rings. The molecule has 0 saturated heterocycles. The molecule has 0 spiro atoms. The number of nitrogens with one attached hydrogen (secondary N) is 2. The minimum atomic E-state index is -0.571. The number of nitrogens with zero attached hydrogens (tertiary/aromatic N) is 4. The number of urea groups is 1. The Morgan fingerprint density at radius 1 is 1.07 bits per heavy atom. The fourth-order valence-electron chi connectivity index (χ4n) is 5.06. The van der Waals surface area contributed by atoms with Crippen LogP contribution >= 0.6 is 0 Å². The SMILES string of the molecule is C[C@@H]1CN([C@H](C)CO)C(=O)c2cccc(NC(=O)c3cnccn3)c2O[C@H]1CN(C)C(=O)Nc1cccc2ccccc12. The fraction of sp³-hybridized carbons (Fsp3) is 0.281. The van der Waals surface area contributed by atoms with Crippen LogP contribution in [0.1, 0.15) is 34.7 Å². The summed E-state index contributed by atoms with van der Waals surface area (Å²) in [6.07, 6.45) is 3.65. The average Bonchev–Trinajstić information content (AvgIpc) is 3.03. The predicted octanol–water partition coefficient (Wildman–Crippen LogP) is 4.27. The molecular formula is C32H34N6O5. The van der Waals surface area contributed by atoms with E-state index in [0.717, 1.165) is 10.8 Å². The van der Waals surface area contributed by atoms with Crippen molar-refractivity contribution in [2.75, 3.05) is 37.4 Å². The van der Waals surface area contributed by atoms with Gasteiger partial charge >= 0.3 is 6.03 Å². The third kappa shape index (κ3) is 6.41. The Bertz CT molecular complexity index is 1630. The van der Waals surface area contributed by atoms with Crippen molar-refractivity contribution in [2.24, 2.45) is 5.92 Å². The number of rotatable bonds is 7. The van der Waals surface area contributed by atoms with E-state index in [9.17, 15) is 19.5 Å². The Balaban J connectivity index is 1.44. The zero-order chi connectivity index (χ0) is 30.5. The number of hydrogen-bond acceptors (Lipinski definition) is 7. The molecule has 2 heterocycles. The summed E-state index contributed by atoms with van der Waals surface area (Å²) >= 11 is 0. The number of carbonyl (C=O) groups is 3. The molecule has 3 N–H and O–H groups in total. The van der Waals surface area contributed by atoms with Crippen LogP contribution < -0.4 is 15.4 Å². The van der Waals surface area contributed by atoms with E-state index < -0.39 is 18.1 Å². The number of aliphatic hydroxyl groups excluding tert-OH is 1. The zero-order valence-electron chi connectivity index (χ0n) is 24.2. The Labute approximate surface area is 249 Å².